The Balaban J connectivity index is 2.24. The molecule has 0 aromatic carbocycles. The largest absolute Gasteiger partial charge is 0.367 e. The summed E-state index contributed by atoms with van der Waals surface area (Å²) in [6.45, 7) is 11.4. The van der Waals surface area contributed by atoms with Gasteiger partial charge in [0, 0.05) is 24.5 Å². The van der Waals surface area contributed by atoms with E-state index in [4.69, 9.17) is 4.99 Å². The zero-order valence-corrected chi connectivity index (χ0v) is 17.9. The Morgan fingerprint density at radius 1 is 1.32 bits per heavy atom. The molecule has 2 aliphatic rings. The molecule has 0 saturated carbocycles. The van der Waals surface area contributed by atoms with Gasteiger partial charge in [-0.2, -0.15) is 0 Å². The fourth-order valence-electron chi connectivity index (χ4n) is 3.49. The van der Waals surface area contributed by atoms with E-state index in [0.717, 1.165) is 37.3 Å². The molecule has 28 heavy (non-hydrogen) atoms. The molecule has 4 nitrogen and oxygen atoms in total. The highest BCUT2D eigenvalue weighted by Crippen LogP contribution is 2.30. The van der Waals surface area contributed by atoms with Crippen molar-refractivity contribution in [1.29, 1.82) is 0 Å². The molecule has 0 spiro atoms. The predicted molar refractivity (Wildman–Crippen MR) is 122 cm³/mol. The Bertz CT molecular complexity index is 717. The minimum atomic E-state index is 0.159. The molecule has 152 valence electrons. The van der Waals surface area contributed by atoms with Gasteiger partial charge in [-0.1, -0.05) is 43.9 Å². The van der Waals surface area contributed by atoms with Crippen LogP contribution in [0.4, 0.5) is 0 Å². The van der Waals surface area contributed by atoms with E-state index >= 15 is 0 Å². The summed E-state index contributed by atoms with van der Waals surface area (Å²) >= 11 is 0. The molecule has 3 atom stereocenters. The van der Waals surface area contributed by atoms with Crippen LogP contribution in [0.3, 0.4) is 0 Å². The zero-order valence-electron chi connectivity index (χ0n) is 17.9. The molecule has 0 aromatic rings. The predicted octanol–water partition coefficient (Wildman–Crippen LogP) is 3.54. The van der Waals surface area contributed by atoms with Crippen molar-refractivity contribution in [3.05, 3.63) is 65.5 Å². The monoisotopic (exact) mass is 380 g/mol. The lowest BCUT2D eigenvalue weighted by Crippen LogP contribution is -2.35. The summed E-state index contributed by atoms with van der Waals surface area (Å²) in [5, 5.41) is 9.97. The molecule has 0 radical (unpaired) electrons. The smallest absolute Gasteiger partial charge is 0.0984 e. The second-order valence-electron chi connectivity index (χ2n) is 7.51. The number of nitrogens with zero attached hydrogens (tertiary/aromatic N) is 1. The van der Waals surface area contributed by atoms with Crippen molar-refractivity contribution < 1.29 is 0 Å². The van der Waals surface area contributed by atoms with E-state index in [9.17, 15) is 0 Å². The maximum atomic E-state index is 4.71. The van der Waals surface area contributed by atoms with Crippen LogP contribution >= 0.6 is 0 Å². The number of amidine groups is 1. The van der Waals surface area contributed by atoms with E-state index in [1.165, 1.54) is 11.1 Å². The minimum Gasteiger partial charge on any atom is -0.367 e. The molecule has 4 heteroatoms. The van der Waals surface area contributed by atoms with Crippen molar-refractivity contribution >= 4 is 5.84 Å². The van der Waals surface area contributed by atoms with Crippen LogP contribution in [0, 0.1) is 11.8 Å². The summed E-state index contributed by atoms with van der Waals surface area (Å²) < 4.78 is 0. The second-order valence-corrected chi connectivity index (χ2v) is 7.51. The standard InChI is InChI=1S/C24H36N4/c1-18(9-6-7-14-25-4)23-17-21-10-8-15-27-24(13-16-26-5)28-20(3)22(21)12-11-19(23)2/h6,8-11,17,19-20,23,25-26H,1,7,13-16H2,2-5H3,(H,27,28)/b9-6-,10-8-. The van der Waals surface area contributed by atoms with E-state index < -0.39 is 0 Å². The molecular weight excluding hydrogens is 344 g/mol. The molecule has 2 rings (SSSR count). The Kier molecular flexibility index (Phi) is 9.22. The first-order valence-electron chi connectivity index (χ1n) is 10.4. The van der Waals surface area contributed by atoms with E-state index in [-0.39, 0.29) is 12.0 Å². The first-order chi connectivity index (χ1) is 13.6. The summed E-state index contributed by atoms with van der Waals surface area (Å²) in [6, 6.07) is 0.159. The third kappa shape index (κ3) is 6.49. The number of rotatable bonds is 8. The Morgan fingerprint density at radius 3 is 2.86 bits per heavy atom. The molecule has 3 N–H and O–H groups in total. The molecule has 0 fully saturated rings. The van der Waals surface area contributed by atoms with Gasteiger partial charge < -0.3 is 16.0 Å². The maximum absolute atomic E-state index is 4.71. The fourth-order valence-corrected chi connectivity index (χ4v) is 3.49. The summed E-state index contributed by atoms with van der Waals surface area (Å²) in [7, 11) is 3.95. The molecule has 0 saturated heterocycles. The lowest BCUT2D eigenvalue weighted by Gasteiger charge is -2.20. The lowest BCUT2D eigenvalue weighted by atomic mass is 9.86. The lowest BCUT2D eigenvalue weighted by molar-refractivity contribution is 0.594. The van der Waals surface area contributed by atoms with E-state index in [1.54, 1.807) is 0 Å². The molecule has 3 unspecified atom stereocenters. The summed E-state index contributed by atoms with van der Waals surface area (Å²) in [4.78, 5) is 4.71. The zero-order chi connectivity index (χ0) is 20.4. The van der Waals surface area contributed by atoms with Crippen molar-refractivity contribution in [3.8, 4) is 0 Å². The highest BCUT2D eigenvalue weighted by Gasteiger charge is 2.22. The van der Waals surface area contributed by atoms with Gasteiger partial charge in [0.15, 0.2) is 0 Å². The van der Waals surface area contributed by atoms with Gasteiger partial charge in [0.1, 0.15) is 0 Å². The number of fused-ring (bicyclic) bond motifs is 1. The molecule has 0 bridgehead atoms. The molecule has 1 aliphatic heterocycles. The highest BCUT2D eigenvalue weighted by atomic mass is 15.0. The Morgan fingerprint density at radius 2 is 2.11 bits per heavy atom. The van der Waals surface area contributed by atoms with Gasteiger partial charge >= 0.3 is 0 Å². The van der Waals surface area contributed by atoms with Crippen molar-refractivity contribution in [2.45, 2.75) is 32.7 Å². The van der Waals surface area contributed by atoms with Gasteiger partial charge in [-0.05, 0) is 57.1 Å². The normalized spacial score (nSPS) is 26.0. The quantitative estimate of drug-likeness (QED) is 0.343. The van der Waals surface area contributed by atoms with Crippen LogP contribution in [0.2, 0.25) is 0 Å². The number of allylic oxidation sites excluding steroid dienone is 4. The van der Waals surface area contributed by atoms with Crippen LogP contribution in [0.5, 0.6) is 0 Å². The van der Waals surface area contributed by atoms with Gasteiger partial charge in [0.25, 0.3) is 0 Å². The summed E-state index contributed by atoms with van der Waals surface area (Å²) in [5.41, 5.74) is 7.14. The van der Waals surface area contributed by atoms with Crippen LogP contribution < -0.4 is 16.0 Å². The molecule has 1 aliphatic carbocycles. The number of hydrogen-bond acceptors (Lipinski definition) is 4. The average Bonchev–Trinajstić information content (AvgIpc) is 2.80. The van der Waals surface area contributed by atoms with Crippen molar-refractivity contribution in [1.82, 2.24) is 16.0 Å². The van der Waals surface area contributed by atoms with Gasteiger partial charge in [-0.3, -0.25) is 4.99 Å². The topological polar surface area (TPSA) is 48.5 Å². The second kappa shape index (κ2) is 11.7. The van der Waals surface area contributed by atoms with Crippen LogP contribution in [-0.2, 0) is 0 Å². The van der Waals surface area contributed by atoms with Crippen LogP contribution in [0.15, 0.2) is 70.5 Å². The third-order valence-corrected chi connectivity index (χ3v) is 5.17. The minimum absolute atomic E-state index is 0.159. The average molecular weight is 381 g/mol. The third-order valence-electron chi connectivity index (χ3n) is 5.17. The van der Waals surface area contributed by atoms with Crippen LogP contribution in [-0.4, -0.2) is 45.6 Å². The van der Waals surface area contributed by atoms with Crippen LogP contribution in [0.1, 0.15) is 26.7 Å². The maximum Gasteiger partial charge on any atom is 0.0984 e. The summed E-state index contributed by atoms with van der Waals surface area (Å²) in [6.07, 6.45) is 15.2. The Hall–Kier alpha value is -2.13. The Labute approximate surface area is 171 Å². The van der Waals surface area contributed by atoms with Gasteiger partial charge in [-0.25, -0.2) is 0 Å². The van der Waals surface area contributed by atoms with Crippen molar-refractivity contribution in [2.24, 2.45) is 16.8 Å². The summed E-state index contributed by atoms with van der Waals surface area (Å²) in [5.74, 6) is 1.68. The first-order valence-corrected chi connectivity index (χ1v) is 10.4. The van der Waals surface area contributed by atoms with E-state index in [0.29, 0.717) is 12.5 Å². The number of hydrogen-bond donors (Lipinski definition) is 3. The van der Waals surface area contributed by atoms with Crippen molar-refractivity contribution in [2.75, 3.05) is 33.7 Å². The van der Waals surface area contributed by atoms with Gasteiger partial charge in [0.2, 0.25) is 0 Å². The van der Waals surface area contributed by atoms with E-state index in [1.807, 2.05) is 14.1 Å². The van der Waals surface area contributed by atoms with Crippen molar-refractivity contribution in [3.63, 3.8) is 0 Å². The molecular formula is C24H36N4. The highest BCUT2D eigenvalue weighted by molar-refractivity contribution is 5.83. The number of aliphatic imine (C=N–C) groups is 1. The molecule has 0 amide bonds. The van der Waals surface area contributed by atoms with Gasteiger partial charge in [-0.15, -0.1) is 5.73 Å². The van der Waals surface area contributed by atoms with E-state index in [2.05, 4.69) is 78.6 Å². The number of nitrogens with one attached hydrogen (secondary N) is 3. The first kappa shape index (κ1) is 22.2. The van der Waals surface area contributed by atoms with Crippen LogP contribution in [0.25, 0.3) is 0 Å². The SMILES string of the molecule is C=C(/C=C\CCNC)C1C=C2/C=C\CN=C(CCNC)NC(C)C2=C=CC1C. The molecule has 0 aromatic heterocycles. The fraction of sp³-hybridized carbons (Fsp3) is 0.500. The molecule has 1 heterocycles. The van der Waals surface area contributed by atoms with Gasteiger partial charge in [0.05, 0.1) is 18.4 Å².